The maximum atomic E-state index is 13.6. The minimum atomic E-state index is -0.717. The second kappa shape index (κ2) is 3.34. The van der Waals surface area contributed by atoms with Crippen molar-refractivity contribution in [2.45, 2.75) is 13.8 Å². The molecule has 5 heteroatoms. The molecule has 0 atom stereocenters. The Balaban J connectivity index is 2.94. The normalized spacial score (nSPS) is 10.9. The van der Waals surface area contributed by atoms with Crippen molar-refractivity contribution in [3.05, 3.63) is 33.6 Å². The molecule has 78 valence electrons. The molecule has 2 aliphatic heterocycles. The van der Waals surface area contributed by atoms with Crippen LogP contribution in [0.2, 0.25) is 0 Å². The second-order valence-electron chi connectivity index (χ2n) is 3.38. The van der Waals surface area contributed by atoms with Crippen molar-refractivity contribution in [3.8, 4) is 11.4 Å². The quantitative estimate of drug-likeness (QED) is 0.552. The van der Waals surface area contributed by atoms with E-state index < -0.39 is 11.8 Å². The number of pyridine rings is 2. The van der Waals surface area contributed by atoms with Crippen LogP contribution in [0, 0.1) is 30.3 Å². The van der Waals surface area contributed by atoms with Crippen molar-refractivity contribution in [3.63, 3.8) is 0 Å². The maximum Gasteiger partial charge on any atom is 0.198 e. The van der Waals surface area contributed by atoms with E-state index in [1.807, 2.05) is 0 Å². The number of aromatic amines is 1. The first-order valence-corrected chi connectivity index (χ1v) is 4.76. The molecule has 0 fully saturated rings. The van der Waals surface area contributed by atoms with Crippen LogP contribution in [0.3, 0.4) is 0 Å². The van der Waals surface area contributed by atoms with Crippen molar-refractivity contribution < 1.29 is 8.78 Å². The zero-order valence-electron chi connectivity index (χ0n) is 8.19. The zero-order valence-corrected chi connectivity index (χ0v) is 9.01. The molecule has 2 aliphatic rings. The fourth-order valence-electron chi connectivity index (χ4n) is 1.36. The highest BCUT2D eigenvalue weighted by molar-refractivity contribution is 7.71. The molecule has 0 aromatic rings. The highest BCUT2D eigenvalue weighted by atomic mass is 32.1. The van der Waals surface area contributed by atoms with E-state index in [0.29, 0.717) is 10.2 Å². The van der Waals surface area contributed by atoms with Crippen LogP contribution < -0.4 is 0 Å². The number of hydrogen-bond acceptors (Lipinski definition) is 2. The van der Waals surface area contributed by atoms with Gasteiger partial charge in [0.05, 0.1) is 5.56 Å². The Morgan fingerprint density at radius 3 is 2.67 bits per heavy atom. The molecule has 2 heterocycles. The Kier molecular flexibility index (Phi) is 2.26. The minimum Gasteiger partial charge on any atom is -0.316 e. The van der Waals surface area contributed by atoms with E-state index in [9.17, 15) is 8.78 Å². The number of hydrogen-bond donors (Lipinski definition) is 1. The van der Waals surface area contributed by atoms with Gasteiger partial charge in [-0.05, 0) is 25.5 Å². The van der Waals surface area contributed by atoms with Gasteiger partial charge in [0.2, 0.25) is 0 Å². The molecular weight excluding hydrogens is 218 g/mol. The molecule has 0 aromatic carbocycles. The number of H-pyrrole nitrogens is 1. The molecule has 0 aromatic heterocycles. The Morgan fingerprint density at radius 2 is 2.00 bits per heavy atom. The molecule has 0 unspecified atom stereocenters. The minimum absolute atomic E-state index is 0.0409. The van der Waals surface area contributed by atoms with Crippen molar-refractivity contribution in [2.75, 3.05) is 0 Å². The summed E-state index contributed by atoms with van der Waals surface area (Å²) >= 11 is 4.92. The summed E-state index contributed by atoms with van der Waals surface area (Å²) in [5, 5.41) is 0. The van der Waals surface area contributed by atoms with Gasteiger partial charge < -0.3 is 4.98 Å². The molecule has 0 amide bonds. The fraction of sp³-hybridized carbons (Fsp3) is 0.200. The molecule has 0 spiro atoms. The summed E-state index contributed by atoms with van der Waals surface area (Å²) in [6, 6.07) is 1.57. The monoisotopic (exact) mass is 226 g/mol. The third-order valence-electron chi connectivity index (χ3n) is 2.29. The SMILES string of the molecule is Cc1c(F)[nH]c2nc(=S)c(C)cc-2c1F. The van der Waals surface area contributed by atoms with Crippen LogP contribution in [0.5, 0.6) is 0 Å². The molecule has 0 aliphatic carbocycles. The highest BCUT2D eigenvalue weighted by Gasteiger charge is 2.16. The first kappa shape index (κ1) is 10.2. The van der Waals surface area contributed by atoms with E-state index in [-0.39, 0.29) is 17.0 Å². The van der Waals surface area contributed by atoms with Gasteiger partial charge in [0, 0.05) is 5.56 Å². The van der Waals surface area contributed by atoms with Crippen LogP contribution in [-0.4, -0.2) is 9.97 Å². The molecule has 0 saturated carbocycles. The lowest BCUT2D eigenvalue weighted by atomic mass is 10.1. The van der Waals surface area contributed by atoms with Crippen LogP contribution in [0.25, 0.3) is 11.4 Å². The summed E-state index contributed by atoms with van der Waals surface area (Å²) in [5.74, 6) is -1.16. The first-order valence-electron chi connectivity index (χ1n) is 4.36. The lowest BCUT2D eigenvalue weighted by Gasteiger charge is -2.10. The van der Waals surface area contributed by atoms with E-state index >= 15 is 0 Å². The van der Waals surface area contributed by atoms with Gasteiger partial charge in [0.15, 0.2) is 5.95 Å². The number of nitrogens with one attached hydrogen (secondary N) is 1. The van der Waals surface area contributed by atoms with Gasteiger partial charge in [-0.15, -0.1) is 0 Å². The molecule has 1 N–H and O–H groups in total. The van der Waals surface area contributed by atoms with Crippen molar-refractivity contribution in [1.29, 1.82) is 0 Å². The third-order valence-corrected chi connectivity index (χ3v) is 2.70. The van der Waals surface area contributed by atoms with Gasteiger partial charge in [-0.2, -0.15) is 4.39 Å². The molecule has 0 saturated heterocycles. The van der Waals surface area contributed by atoms with Crippen LogP contribution in [-0.2, 0) is 0 Å². The van der Waals surface area contributed by atoms with Gasteiger partial charge in [-0.25, -0.2) is 9.37 Å². The molecular formula is C10H8F2N2S. The smallest absolute Gasteiger partial charge is 0.198 e. The molecule has 15 heavy (non-hydrogen) atoms. The summed E-state index contributed by atoms with van der Waals surface area (Å²) < 4.78 is 27.2. The average Bonchev–Trinajstić information content (AvgIpc) is 2.19. The average molecular weight is 226 g/mol. The van der Waals surface area contributed by atoms with Crippen LogP contribution >= 0.6 is 12.2 Å². The zero-order chi connectivity index (χ0) is 11.2. The van der Waals surface area contributed by atoms with Crippen molar-refractivity contribution in [2.24, 2.45) is 0 Å². The van der Waals surface area contributed by atoms with Crippen LogP contribution in [0.4, 0.5) is 8.78 Å². The Bertz CT molecular complexity index is 562. The summed E-state index contributed by atoms with van der Waals surface area (Å²) in [6.07, 6.45) is 0. The van der Waals surface area contributed by atoms with E-state index in [2.05, 4.69) is 9.97 Å². The Morgan fingerprint density at radius 1 is 1.33 bits per heavy atom. The van der Waals surface area contributed by atoms with Gasteiger partial charge in [0.1, 0.15) is 16.3 Å². The number of fused-ring (bicyclic) bond motifs is 1. The Labute approximate surface area is 90.3 Å². The van der Waals surface area contributed by atoms with Crippen molar-refractivity contribution >= 4 is 12.2 Å². The topological polar surface area (TPSA) is 28.7 Å². The summed E-state index contributed by atoms with van der Waals surface area (Å²) in [6.45, 7) is 3.12. The van der Waals surface area contributed by atoms with E-state index in [1.54, 1.807) is 13.0 Å². The van der Waals surface area contributed by atoms with E-state index in [1.165, 1.54) is 6.92 Å². The standard InChI is InChI=1S/C10H8F2N2S/c1-4-3-6-7(11)5(2)8(12)13-9(6)14-10(4)15/h3H,1-2H3,(H,13,14,15). The van der Waals surface area contributed by atoms with Crippen LogP contribution in [0.15, 0.2) is 6.07 Å². The third kappa shape index (κ3) is 1.52. The number of aryl methyl sites for hydroxylation is 1. The maximum absolute atomic E-state index is 13.6. The van der Waals surface area contributed by atoms with Gasteiger partial charge >= 0.3 is 0 Å². The van der Waals surface area contributed by atoms with Crippen molar-refractivity contribution in [1.82, 2.24) is 9.97 Å². The number of halogens is 2. The highest BCUT2D eigenvalue weighted by Crippen LogP contribution is 2.25. The number of aromatic nitrogens is 2. The summed E-state index contributed by atoms with van der Waals surface area (Å²) in [4.78, 5) is 6.30. The van der Waals surface area contributed by atoms with Gasteiger partial charge in [-0.1, -0.05) is 12.2 Å². The first-order chi connectivity index (χ1) is 7.00. The molecule has 0 radical (unpaired) electrons. The van der Waals surface area contributed by atoms with E-state index in [4.69, 9.17) is 12.2 Å². The van der Waals surface area contributed by atoms with E-state index in [0.717, 1.165) is 0 Å². The van der Waals surface area contributed by atoms with Gasteiger partial charge in [0.25, 0.3) is 0 Å². The van der Waals surface area contributed by atoms with Crippen LogP contribution in [0.1, 0.15) is 11.1 Å². The Hall–Kier alpha value is -1.36. The predicted molar refractivity (Wildman–Crippen MR) is 55.4 cm³/mol. The fourth-order valence-corrected chi connectivity index (χ4v) is 1.51. The molecule has 0 bridgehead atoms. The molecule has 2 nitrogen and oxygen atoms in total. The summed E-state index contributed by atoms with van der Waals surface area (Å²) in [5.41, 5.74) is 0.927. The number of rotatable bonds is 0. The predicted octanol–water partition coefficient (Wildman–Crippen LogP) is 3.14. The molecule has 2 rings (SSSR count). The summed E-state index contributed by atoms with van der Waals surface area (Å²) in [7, 11) is 0. The largest absolute Gasteiger partial charge is 0.316 e. The number of nitrogens with zero attached hydrogens (tertiary/aromatic N) is 1. The lowest BCUT2D eigenvalue weighted by Crippen LogP contribution is -2.03. The lowest BCUT2D eigenvalue weighted by molar-refractivity contribution is 0.537. The second-order valence-corrected chi connectivity index (χ2v) is 3.77. The van der Waals surface area contributed by atoms with Gasteiger partial charge in [-0.3, -0.25) is 0 Å².